The van der Waals surface area contributed by atoms with E-state index in [4.69, 9.17) is 9.15 Å². The van der Waals surface area contributed by atoms with Gasteiger partial charge in [-0.3, -0.25) is 4.79 Å². The zero-order chi connectivity index (χ0) is 20.2. The molecule has 150 valence electrons. The van der Waals surface area contributed by atoms with Gasteiger partial charge in [-0.1, -0.05) is 23.8 Å². The predicted octanol–water partition coefficient (Wildman–Crippen LogP) is 3.17. The van der Waals surface area contributed by atoms with E-state index in [9.17, 15) is 4.79 Å². The highest BCUT2D eigenvalue weighted by molar-refractivity contribution is 5.97. The second-order valence-corrected chi connectivity index (χ2v) is 7.02. The molecule has 1 aliphatic rings. The Balaban J connectivity index is 1.42. The molecule has 1 fully saturated rings. The largest absolute Gasteiger partial charge is 0.478 e. The normalized spacial score (nSPS) is 14.6. The maximum Gasteiger partial charge on any atom is 0.276 e. The smallest absolute Gasteiger partial charge is 0.276 e. The van der Waals surface area contributed by atoms with Crippen LogP contribution in [-0.2, 0) is 0 Å². The molecule has 0 aliphatic carbocycles. The second-order valence-electron chi connectivity index (χ2n) is 7.02. The van der Waals surface area contributed by atoms with Crippen molar-refractivity contribution in [3.8, 4) is 17.2 Å². The number of anilines is 1. The Bertz CT molecular complexity index is 995. The summed E-state index contributed by atoms with van der Waals surface area (Å²) < 4.78 is 10.8. The lowest BCUT2D eigenvalue weighted by Gasteiger charge is -2.32. The molecule has 0 bridgehead atoms. The van der Waals surface area contributed by atoms with E-state index < -0.39 is 0 Å². The fraction of sp³-hybridized carbons (Fsp3) is 0.333. The lowest BCUT2D eigenvalue weighted by Crippen LogP contribution is -2.42. The van der Waals surface area contributed by atoms with E-state index in [0.717, 1.165) is 24.0 Å². The van der Waals surface area contributed by atoms with Crippen molar-refractivity contribution in [3.05, 3.63) is 54.3 Å². The van der Waals surface area contributed by atoms with Gasteiger partial charge in [-0.15, -0.1) is 0 Å². The van der Waals surface area contributed by atoms with Crippen LogP contribution in [0.15, 0.2) is 47.5 Å². The first-order chi connectivity index (χ1) is 14.2. The number of aryl methyl sites for hydroxylation is 1. The summed E-state index contributed by atoms with van der Waals surface area (Å²) >= 11 is 0. The van der Waals surface area contributed by atoms with E-state index in [1.807, 2.05) is 36.1 Å². The zero-order valence-corrected chi connectivity index (χ0v) is 16.5. The molecule has 1 amide bonds. The molecule has 2 aromatic heterocycles. The Morgan fingerprint density at radius 1 is 1.21 bits per heavy atom. The van der Waals surface area contributed by atoms with Crippen molar-refractivity contribution in [1.82, 2.24) is 19.9 Å². The van der Waals surface area contributed by atoms with Crippen molar-refractivity contribution in [2.45, 2.75) is 25.8 Å². The average molecular weight is 393 g/mol. The number of likely N-dealkylation sites (tertiary alicyclic amines) is 1. The van der Waals surface area contributed by atoms with Gasteiger partial charge >= 0.3 is 0 Å². The van der Waals surface area contributed by atoms with Crippen LogP contribution in [0, 0.1) is 6.92 Å². The van der Waals surface area contributed by atoms with E-state index >= 15 is 0 Å². The summed E-state index contributed by atoms with van der Waals surface area (Å²) in [7, 11) is 1.57. The molecule has 0 unspecified atom stereocenters. The van der Waals surface area contributed by atoms with E-state index in [2.05, 4.69) is 20.3 Å². The molecule has 0 spiro atoms. The van der Waals surface area contributed by atoms with Crippen LogP contribution in [0.3, 0.4) is 0 Å². The molecule has 0 radical (unpaired) electrons. The molecule has 0 saturated carbocycles. The highest BCUT2D eigenvalue weighted by atomic mass is 16.5. The van der Waals surface area contributed by atoms with Gasteiger partial charge in [0, 0.05) is 37.1 Å². The molecular formula is C21H23N5O3. The summed E-state index contributed by atoms with van der Waals surface area (Å²) in [6.07, 6.45) is 6.14. The maximum absolute atomic E-state index is 13.0. The van der Waals surface area contributed by atoms with Crippen molar-refractivity contribution in [3.63, 3.8) is 0 Å². The van der Waals surface area contributed by atoms with Gasteiger partial charge in [-0.25, -0.2) is 15.0 Å². The topological polar surface area (TPSA) is 93.4 Å². The lowest BCUT2D eigenvalue weighted by molar-refractivity contribution is 0.0713. The van der Waals surface area contributed by atoms with E-state index in [0.29, 0.717) is 36.2 Å². The standard InChI is InChI=1S/C21H23N5O3/c1-14-4-3-5-15(12-14)18-17(24-13-29-18)21(27)26-10-6-16(7-11-26)25-19-20(28-2)23-9-8-22-19/h3-5,8-9,12-13,16H,6-7,10-11H2,1-2H3,(H,22,25). The molecule has 29 heavy (non-hydrogen) atoms. The zero-order valence-electron chi connectivity index (χ0n) is 16.5. The third kappa shape index (κ3) is 4.06. The number of ether oxygens (including phenoxy) is 1. The van der Waals surface area contributed by atoms with Gasteiger partial charge in [-0.2, -0.15) is 0 Å². The van der Waals surface area contributed by atoms with Gasteiger partial charge in [0.05, 0.1) is 7.11 Å². The minimum atomic E-state index is -0.106. The molecule has 4 rings (SSSR count). The van der Waals surface area contributed by atoms with E-state index in [-0.39, 0.29) is 11.9 Å². The van der Waals surface area contributed by atoms with Crippen LogP contribution in [0.1, 0.15) is 28.9 Å². The van der Waals surface area contributed by atoms with Gasteiger partial charge in [0.15, 0.2) is 23.7 Å². The van der Waals surface area contributed by atoms with Gasteiger partial charge in [-0.05, 0) is 25.8 Å². The van der Waals surface area contributed by atoms with Crippen molar-refractivity contribution in [1.29, 1.82) is 0 Å². The number of amides is 1. The van der Waals surface area contributed by atoms with Crippen LogP contribution in [-0.4, -0.2) is 52.0 Å². The highest BCUT2D eigenvalue weighted by Gasteiger charge is 2.28. The van der Waals surface area contributed by atoms with Crippen LogP contribution < -0.4 is 10.1 Å². The monoisotopic (exact) mass is 393 g/mol. The summed E-state index contributed by atoms with van der Waals surface area (Å²) in [4.78, 5) is 27.5. The summed E-state index contributed by atoms with van der Waals surface area (Å²) in [6, 6.07) is 8.05. The van der Waals surface area contributed by atoms with Gasteiger partial charge in [0.1, 0.15) is 0 Å². The molecule has 1 N–H and O–H groups in total. The van der Waals surface area contributed by atoms with Crippen LogP contribution in [0.2, 0.25) is 0 Å². The molecule has 8 nitrogen and oxygen atoms in total. The highest BCUT2D eigenvalue weighted by Crippen LogP contribution is 2.27. The fourth-order valence-corrected chi connectivity index (χ4v) is 3.53. The van der Waals surface area contributed by atoms with Crippen molar-refractivity contribution < 1.29 is 13.9 Å². The Morgan fingerprint density at radius 3 is 2.76 bits per heavy atom. The number of hydrogen-bond donors (Lipinski definition) is 1. The molecular weight excluding hydrogens is 370 g/mol. The summed E-state index contributed by atoms with van der Waals surface area (Å²) in [5.74, 6) is 1.50. The molecule has 8 heteroatoms. The number of piperidine rings is 1. The molecule has 3 aromatic rings. The van der Waals surface area contributed by atoms with Gasteiger partial charge in [0.25, 0.3) is 11.8 Å². The summed E-state index contributed by atoms with van der Waals surface area (Å²) in [5.41, 5.74) is 2.32. The van der Waals surface area contributed by atoms with E-state index in [1.54, 1.807) is 19.5 Å². The van der Waals surface area contributed by atoms with Crippen molar-refractivity contribution in [2.24, 2.45) is 0 Å². The Morgan fingerprint density at radius 2 is 2.00 bits per heavy atom. The number of nitrogens with zero attached hydrogens (tertiary/aromatic N) is 4. The number of hydrogen-bond acceptors (Lipinski definition) is 7. The first kappa shape index (κ1) is 18.9. The van der Waals surface area contributed by atoms with Gasteiger partial charge < -0.3 is 19.4 Å². The SMILES string of the molecule is COc1nccnc1NC1CCN(C(=O)c2ncoc2-c2cccc(C)c2)CC1. The minimum Gasteiger partial charge on any atom is -0.478 e. The predicted molar refractivity (Wildman–Crippen MR) is 108 cm³/mol. The molecule has 1 aliphatic heterocycles. The Hall–Kier alpha value is -3.42. The number of rotatable bonds is 5. The van der Waals surface area contributed by atoms with Crippen LogP contribution in [0.4, 0.5) is 5.82 Å². The second kappa shape index (κ2) is 8.30. The lowest BCUT2D eigenvalue weighted by atomic mass is 10.0. The Labute approximate surface area is 168 Å². The number of carbonyl (C=O) groups is 1. The number of methoxy groups -OCH3 is 1. The first-order valence-corrected chi connectivity index (χ1v) is 9.57. The molecule has 1 aromatic carbocycles. The van der Waals surface area contributed by atoms with E-state index in [1.165, 1.54) is 6.39 Å². The first-order valence-electron chi connectivity index (χ1n) is 9.57. The summed E-state index contributed by atoms with van der Waals surface area (Å²) in [6.45, 7) is 3.25. The number of benzene rings is 1. The molecule has 3 heterocycles. The molecule has 0 atom stereocenters. The van der Waals surface area contributed by atoms with Crippen molar-refractivity contribution >= 4 is 11.7 Å². The number of aromatic nitrogens is 3. The van der Waals surface area contributed by atoms with Gasteiger partial charge in [0.2, 0.25) is 0 Å². The number of nitrogens with one attached hydrogen (secondary N) is 1. The van der Waals surface area contributed by atoms with Crippen LogP contribution in [0.25, 0.3) is 11.3 Å². The molecule has 1 saturated heterocycles. The maximum atomic E-state index is 13.0. The van der Waals surface area contributed by atoms with Crippen LogP contribution in [0.5, 0.6) is 5.88 Å². The number of carbonyl (C=O) groups excluding carboxylic acids is 1. The average Bonchev–Trinajstić information content (AvgIpc) is 3.24. The van der Waals surface area contributed by atoms with Crippen LogP contribution >= 0.6 is 0 Å². The third-order valence-corrected chi connectivity index (χ3v) is 5.03. The fourth-order valence-electron chi connectivity index (χ4n) is 3.53. The number of oxazole rings is 1. The van der Waals surface area contributed by atoms with Crippen molar-refractivity contribution in [2.75, 3.05) is 25.5 Å². The third-order valence-electron chi connectivity index (χ3n) is 5.03. The quantitative estimate of drug-likeness (QED) is 0.711. The summed E-state index contributed by atoms with van der Waals surface area (Å²) in [5, 5.41) is 3.37. The Kier molecular flexibility index (Phi) is 5.41. The minimum absolute atomic E-state index is 0.106.